The number of aromatic hydroxyl groups is 2. The van der Waals surface area contributed by atoms with Gasteiger partial charge >= 0.3 is 11.9 Å². The summed E-state index contributed by atoms with van der Waals surface area (Å²) in [6, 6.07) is -0.725. The van der Waals surface area contributed by atoms with Crippen LogP contribution in [-0.2, 0) is 0 Å². The minimum Gasteiger partial charge on any atom is -0.504 e. The third kappa shape index (κ3) is 4.76. The summed E-state index contributed by atoms with van der Waals surface area (Å²) >= 11 is 0. The highest BCUT2D eigenvalue weighted by atomic mass is 35.5. The topological polar surface area (TPSA) is 98.9 Å². The SMILES string of the molecule is Cl.Cl.O=[N+]([O-])c1cc([C@H](N2CCNCC2)C(F)(F)F)cc(O)c1O. The fourth-order valence-electron chi connectivity index (χ4n) is 2.47. The molecule has 2 rings (SSSR count). The van der Waals surface area contributed by atoms with Gasteiger partial charge < -0.3 is 15.5 Å². The van der Waals surface area contributed by atoms with Gasteiger partial charge in [0.25, 0.3) is 0 Å². The van der Waals surface area contributed by atoms with Crippen molar-refractivity contribution in [2.24, 2.45) is 0 Å². The number of nitrogens with zero attached hydrogens (tertiary/aromatic N) is 2. The van der Waals surface area contributed by atoms with E-state index in [2.05, 4.69) is 5.32 Å². The Kier molecular flexibility index (Phi) is 8.03. The molecule has 1 saturated heterocycles. The molecule has 1 aromatic carbocycles. The number of phenolic OH excluding ortho intramolecular Hbond substituents is 2. The molecular formula is C12H16Cl2F3N3O4. The first kappa shape index (κ1) is 22.5. The summed E-state index contributed by atoms with van der Waals surface area (Å²) in [5, 5.41) is 32.6. The van der Waals surface area contributed by atoms with Crippen LogP contribution in [0.2, 0.25) is 0 Å². The molecule has 0 amide bonds. The number of rotatable bonds is 3. The molecule has 3 N–H and O–H groups in total. The lowest BCUT2D eigenvalue weighted by Crippen LogP contribution is -2.49. The zero-order valence-corrected chi connectivity index (χ0v) is 13.7. The Labute approximate surface area is 147 Å². The van der Waals surface area contributed by atoms with Crippen molar-refractivity contribution < 1.29 is 28.3 Å². The molecular weight excluding hydrogens is 378 g/mol. The second-order valence-corrected chi connectivity index (χ2v) is 4.89. The average molecular weight is 394 g/mol. The number of alkyl halides is 3. The normalized spacial score (nSPS) is 16.6. The number of nitrogens with one attached hydrogen (secondary N) is 1. The Morgan fingerprint density at radius 3 is 2.21 bits per heavy atom. The van der Waals surface area contributed by atoms with Crippen molar-refractivity contribution in [2.45, 2.75) is 12.2 Å². The molecule has 12 heteroatoms. The van der Waals surface area contributed by atoms with E-state index < -0.39 is 39.9 Å². The van der Waals surface area contributed by atoms with Crippen LogP contribution in [-0.4, -0.2) is 52.4 Å². The van der Waals surface area contributed by atoms with Crippen LogP contribution in [0.25, 0.3) is 0 Å². The Morgan fingerprint density at radius 1 is 1.21 bits per heavy atom. The van der Waals surface area contributed by atoms with Crippen LogP contribution in [0.15, 0.2) is 12.1 Å². The molecule has 7 nitrogen and oxygen atoms in total. The van der Waals surface area contributed by atoms with Gasteiger partial charge in [0, 0.05) is 32.2 Å². The first-order valence-electron chi connectivity index (χ1n) is 6.43. The summed E-state index contributed by atoms with van der Waals surface area (Å²) < 4.78 is 40.1. The Bertz CT molecular complexity index is 583. The molecule has 1 aliphatic heterocycles. The highest BCUT2D eigenvalue weighted by Gasteiger charge is 2.46. The standard InChI is InChI=1S/C12H14F3N3O4.2ClH/c13-12(14,15)11(17-3-1-16-2-4-17)7-5-8(18(21)22)10(20)9(19)6-7;;/h5-6,11,16,19-20H,1-4H2;2*1H/t11-;;/m0../s1. The maximum absolute atomic E-state index is 13.4. The van der Waals surface area contributed by atoms with Gasteiger partial charge in [0.05, 0.1) is 4.92 Å². The number of nitro benzene ring substituents is 1. The molecule has 1 fully saturated rings. The van der Waals surface area contributed by atoms with Gasteiger partial charge in [-0.15, -0.1) is 24.8 Å². The second kappa shape index (κ2) is 8.56. The fraction of sp³-hybridized carbons (Fsp3) is 0.500. The van der Waals surface area contributed by atoms with E-state index in [1.54, 1.807) is 0 Å². The summed E-state index contributed by atoms with van der Waals surface area (Å²) in [6.07, 6.45) is -4.67. The predicted molar refractivity (Wildman–Crippen MR) is 84.2 cm³/mol. The van der Waals surface area contributed by atoms with Crippen molar-refractivity contribution in [2.75, 3.05) is 26.2 Å². The van der Waals surface area contributed by atoms with Crippen molar-refractivity contribution >= 4 is 30.5 Å². The Hall–Kier alpha value is -1.49. The lowest BCUT2D eigenvalue weighted by atomic mass is 10.0. The maximum Gasteiger partial charge on any atom is 0.408 e. The molecule has 0 aromatic heterocycles. The lowest BCUT2D eigenvalue weighted by Gasteiger charge is -2.36. The van der Waals surface area contributed by atoms with Gasteiger partial charge in [-0.2, -0.15) is 13.2 Å². The molecule has 138 valence electrons. The van der Waals surface area contributed by atoms with Crippen molar-refractivity contribution in [3.05, 3.63) is 27.8 Å². The lowest BCUT2D eigenvalue weighted by molar-refractivity contribution is -0.386. The van der Waals surface area contributed by atoms with Gasteiger partial charge in [-0.1, -0.05) is 0 Å². The first-order valence-corrected chi connectivity index (χ1v) is 6.43. The van der Waals surface area contributed by atoms with Crippen LogP contribution in [0.3, 0.4) is 0 Å². The van der Waals surface area contributed by atoms with E-state index in [0.29, 0.717) is 25.2 Å². The van der Waals surface area contributed by atoms with Crippen LogP contribution in [0.4, 0.5) is 18.9 Å². The number of benzene rings is 1. The van der Waals surface area contributed by atoms with Gasteiger partial charge in [-0.05, 0) is 11.6 Å². The van der Waals surface area contributed by atoms with Gasteiger partial charge in [0.2, 0.25) is 5.75 Å². The summed E-state index contributed by atoms with van der Waals surface area (Å²) in [7, 11) is 0. The number of hydrogen-bond acceptors (Lipinski definition) is 6. The van der Waals surface area contributed by atoms with Crippen LogP contribution in [0, 0.1) is 10.1 Å². The average Bonchev–Trinajstić information content (AvgIpc) is 2.42. The minimum atomic E-state index is -4.67. The summed E-state index contributed by atoms with van der Waals surface area (Å²) in [5.41, 5.74) is -1.43. The predicted octanol–water partition coefficient (Wildman–Crippen LogP) is 2.36. The van der Waals surface area contributed by atoms with Crippen molar-refractivity contribution in [1.82, 2.24) is 10.2 Å². The van der Waals surface area contributed by atoms with E-state index in [4.69, 9.17) is 0 Å². The molecule has 0 saturated carbocycles. The largest absolute Gasteiger partial charge is 0.504 e. The van der Waals surface area contributed by atoms with Crippen molar-refractivity contribution in [1.29, 1.82) is 0 Å². The van der Waals surface area contributed by atoms with Crippen LogP contribution < -0.4 is 5.32 Å². The van der Waals surface area contributed by atoms with Crippen LogP contribution in [0.5, 0.6) is 11.5 Å². The van der Waals surface area contributed by atoms with Gasteiger partial charge in [0.15, 0.2) is 5.75 Å². The molecule has 1 atom stereocenters. The Morgan fingerprint density at radius 2 is 1.75 bits per heavy atom. The molecule has 1 aromatic rings. The highest BCUT2D eigenvalue weighted by molar-refractivity contribution is 5.85. The van der Waals surface area contributed by atoms with Gasteiger partial charge in [-0.3, -0.25) is 15.0 Å². The molecule has 1 aliphatic rings. The van der Waals surface area contributed by atoms with Crippen LogP contribution >= 0.6 is 24.8 Å². The summed E-state index contributed by atoms with van der Waals surface area (Å²) in [4.78, 5) is 10.9. The number of phenols is 2. The summed E-state index contributed by atoms with van der Waals surface area (Å²) in [6.45, 7) is 0.941. The van der Waals surface area contributed by atoms with E-state index in [0.717, 1.165) is 4.90 Å². The van der Waals surface area contributed by atoms with Crippen molar-refractivity contribution in [3.63, 3.8) is 0 Å². The molecule has 1 heterocycles. The zero-order chi connectivity index (χ0) is 16.5. The number of nitro groups is 1. The minimum absolute atomic E-state index is 0. The smallest absolute Gasteiger partial charge is 0.408 e. The van der Waals surface area contributed by atoms with Gasteiger partial charge in [-0.25, -0.2) is 0 Å². The molecule has 0 radical (unpaired) electrons. The monoisotopic (exact) mass is 393 g/mol. The number of piperazine rings is 1. The third-order valence-corrected chi connectivity index (χ3v) is 3.43. The van der Waals surface area contributed by atoms with Gasteiger partial charge in [0.1, 0.15) is 6.04 Å². The Balaban J connectivity index is 0.00000264. The van der Waals surface area contributed by atoms with Crippen LogP contribution in [0.1, 0.15) is 11.6 Å². The van der Waals surface area contributed by atoms with E-state index in [9.17, 15) is 33.5 Å². The van der Waals surface area contributed by atoms with Crippen molar-refractivity contribution in [3.8, 4) is 11.5 Å². The first-order chi connectivity index (χ1) is 10.2. The molecule has 0 bridgehead atoms. The summed E-state index contributed by atoms with van der Waals surface area (Å²) in [5.74, 6) is -2.00. The molecule has 0 unspecified atom stereocenters. The fourth-order valence-corrected chi connectivity index (χ4v) is 2.47. The van der Waals surface area contributed by atoms with E-state index >= 15 is 0 Å². The number of halogens is 5. The third-order valence-electron chi connectivity index (χ3n) is 3.43. The van der Waals surface area contributed by atoms with E-state index in [1.807, 2.05) is 0 Å². The highest BCUT2D eigenvalue weighted by Crippen LogP contribution is 2.44. The van der Waals surface area contributed by atoms with E-state index in [-0.39, 0.29) is 37.9 Å². The molecule has 0 aliphatic carbocycles. The van der Waals surface area contributed by atoms with E-state index in [1.165, 1.54) is 0 Å². The number of hydrogen-bond donors (Lipinski definition) is 3. The molecule has 0 spiro atoms. The second-order valence-electron chi connectivity index (χ2n) is 4.89. The maximum atomic E-state index is 13.4. The molecule has 24 heavy (non-hydrogen) atoms. The quantitative estimate of drug-likeness (QED) is 0.414. The zero-order valence-electron chi connectivity index (χ0n) is 12.1.